The van der Waals surface area contributed by atoms with Crippen LogP contribution in [0.5, 0.6) is 0 Å². The van der Waals surface area contributed by atoms with E-state index >= 15 is 0 Å². The van der Waals surface area contributed by atoms with Gasteiger partial charge in [-0.1, -0.05) is 30.3 Å². The second-order valence-electron chi connectivity index (χ2n) is 6.17. The quantitative estimate of drug-likeness (QED) is 0.843. The van der Waals surface area contributed by atoms with E-state index in [1.165, 1.54) is 5.56 Å². The lowest BCUT2D eigenvalue weighted by atomic mass is 10.1. The zero-order chi connectivity index (χ0) is 16.1. The van der Waals surface area contributed by atoms with E-state index < -0.39 is 0 Å². The molecule has 2 heterocycles. The van der Waals surface area contributed by atoms with Crippen molar-refractivity contribution >= 4 is 11.8 Å². The molecule has 0 bridgehead atoms. The Kier molecular flexibility index (Phi) is 5.08. The van der Waals surface area contributed by atoms with E-state index in [1.54, 1.807) is 0 Å². The van der Waals surface area contributed by atoms with Crippen LogP contribution >= 0.6 is 0 Å². The minimum Gasteiger partial charge on any atom is -0.363 e. The van der Waals surface area contributed by atoms with Gasteiger partial charge < -0.3 is 9.80 Å². The molecule has 0 amide bonds. The summed E-state index contributed by atoms with van der Waals surface area (Å²) in [5, 5.41) is 0. The van der Waals surface area contributed by atoms with Gasteiger partial charge >= 0.3 is 0 Å². The zero-order valence-corrected chi connectivity index (χ0v) is 14.0. The summed E-state index contributed by atoms with van der Waals surface area (Å²) in [5.74, 6) is 1.81. The van der Waals surface area contributed by atoms with Gasteiger partial charge in [0.1, 0.15) is 5.82 Å². The normalized spacial score (nSPS) is 15.7. The summed E-state index contributed by atoms with van der Waals surface area (Å²) < 4.78 is 0. The van der Waals surface area contributed by atoms with Crippen molar-refractivity contribution in [3.63, 3.8) is 0 Å². The first kappa shape index (κ1) is 15.7. The second kappa shape index (κ2) is 7.42. The fourth-order valence-corrected chi connectivity index (χ4v) is 2.84. The maximum atomic E-state index is 4.64. The smallest absolute Gasteiger partial charge is 0.227 e. The van der Waals surface area contributed by atoms with Crippen LogP contribution in [-0.4, -0.2) is 61.7 Å². The van der Waals surface area contributed by atoms with E-state index in [2.05, 4.69) is 50.1 Å². The standard InChI is InChI=1S/C18H25N5/c1-21(2)17-8-10-19-18(20-17)23-14-12-22(13-15-23)11-9-16-6-4-3-5-7-16/h3-8,10H,9,11-15H2,1-2H3. The van der Waals surface area contributed by atoms with Gasteiger partial charge in [-0.3, -0.25) is 4.90 Å². The third-order valence-corrected chi connectivity index (χ3v) is 4.30. The zero-order valence-electron chi connectivity index (χ0n) is 14.0. The first-order chi connectivity index (χ1) is 11.2. The van der Waals surface area contributed by atoms with Crippen LogP contribution in [0.2, 0.25) is 0 Å². The van der Waals surface area contributed by atoms with Gasteiger partial charge in [-0.2, -0.15) is 4.98 Å². The molecular formula is C18H25N5. The number of hydrogen-bond donors (Lipinski definition) is 0. The first-order valence-electron chi connectivity index (χ1n) is 8.24. The van der Waals surface area contributed by atoms with Gasteiger partial charge in [-0.15, -0.1) is 0 Å². The average molecular weight is 311 g/mol. The number of nitrogens with zero attached hydrogens (tertiary/aromatic N) is 5. The van der Waals surface area contributed by atoms with Gasteiger partial charge in [0, 0.05) is 53.0 Å². The molecule has 0 spiro atoms. The SMILES string of the molecule is CN(C)c1ccnc(N2CCN(CCc3ccccc3)CC2)n1. The van der Waals surface area contributed by atoms with Gasteiger partial charge in [0.15, 0.2) is 0 Å². The molecule has 1 saturated heterocycles. The highest BCUT2D eigenvalue weighted by Gasteiger charge is 2.19. The minimum atomic E-state index is 0.846. The number of piperazine rings is 1. The van der Waals surface area contributed by atoms with Crippen LogP contribution in [-0.2, 0) is 6.42 Å². The summed E-state index contributed by atoms with van der Waals surface area (Å²) in [5.41, 5.74) is 1.41. The predicted octanol–water partition coefficient (Wildman–Crippen LogP) is 1.91. The molecular weight excluding hydrogens is 286 g/mol. The van der Waals surface area contributed by atoms with Crippen molar-refractivity contribution in [2.24, 2.45) is 0 Å². The van der Waals surface area contributed by atoms with E-state index in [-0.39, 0.29) is 0 Å². The predicted molar refractivity (Wildman–Crippen MR) is 95.2 cm³/mol. The molecule has 1 fully saturated rings. The van der Waals surface area contributed by atoms with E-state index in [9.17, 15) is 0 Å². The highest BCUT2D eigenvalue weighted by molar-refractivity contribution is 5.42. The van der Waals surface area contributed by atoms with E-state index in [0.717, 1.165) is 50.9 Å². The molecule has 5 heteroatoms. The summed E-state index contributed by atoms with van der Waals surface area (Å²) in [4.78, 5) is 15.9. The monoisotopic (exact) mass is 311 g/mol. The van der Waals surface area contributed by atoms with Crippen LogP contribution < -0.4 is 9.80 Å². The molecule has 5 nitrogen and oxygen atoms in total. The first-order valence-corrected chi connectivity index (χ1v) is 8.24. The summed E-state index contributed by atoms with van der Waals surface area (Å²) in [6, 6.07) is 12.7. The Hall–Kier alpha value is -2.14. The molecule has 0 radical (unpaired) electrons. The van der Waals surface area contributed by atoms with Crippen LogP contribution in [0.25, 0.3) is 0 Å². The van der Waals surface area contributed by atoms with Crippen molar-refractivity contribution in [3.05, 3.63) is 48.2 Å². The van der Waals surface area contributed by atoms with E-state index in [0.29, 0.717) is 0 Å². The third kappa shape index (κ3) is 4.20. The number of hydrogen-bond acceptors (Lipinski definition) is 5. The Morgan fingerprint density at radius 2 is 1.74 bits per heavy atom. The van der Waals surface area contributed by atoms with Gasteiger partial charge in [0.05, 0.1) is 0 Å². The lowest BCUT2D eigenvalue weighted by Crippen LogP contribution is -2.47. The molecule has 23 heavy (non-hydrogen) atoms. The molecule has 0 atom stereocenters. The molecule has 122 valence electrons. The number of anilines is 2. The van der Waals surface area contributed by atoms with E-state index in [1.807, 2.05) is 31.3 Å². The summed E-state index contributed by atoms with van der Waals surface area (Å²) in [6.07, 6.45) is 2.97. The van der Waals surface area contributed by atoms with Crippen LogP contribution in [0.4, 0.5) is 11.8 Å². The number of benzene rings is 1. The second-order valence-corrected chi connectivity index (χ2v) is 6.17. The fourth-order valence-electron chi connectivity index (χ4n) is 2.84. The van der Waals surface area contributed by atoms with Crippen molar-refractivity contribution in [1.82, 2.24) is 14.9 Å². The number of rotatable bonds is 5. The Labute approximate surface area is 138 Å². The van der Waals surface area contributed by atoms with Crippen LogP contribution in [0.15, 0.2) is 42.6 Å². The molecule has 0 saturated carbocycles. The number of aromatic nitrogens is 2. The highest BCUT2D eigenvalue weighted by Crippen LogP contribution is 2.15. The van der Waals surface area contributed by atoms with Gasteiger partial charge in [0.25, 0.3) is 0 Å². The minimum absolute atomic E-state index is 0.846. The van der Waals surface area contributed by atoms with E-state index in [4.69, 9.17) is 0 Å². The Balaban J connectivity index is 1.51. The summed E-state index contributed by atoms with van der Waals surface area (Å²) >= 11 is 0. The summed E-state index contributed by atoms with van der Waals surface area (Å²) in [7, 11) is 4.02. The van der Waals surface area contributed by atoms with Crippen molar-refractivity contribution in [2.45, 2.75) is 6.42 Å². The van der Waals surface area contributed by atoms with Gasteiger partial charge in [0.2, 0.25) is 5.95 Å². The maximum Gasteiger partial charge on any atom is 0.227 e. The lowest BCUT2D eigenvalue weighted by molar-refractivity contribution is 0.260. The third-order valence-electron chi connectivity index (χ3n) is 4.30. The molecule has 0 N–H and O–H groups in total. The van der Waals surface area contributed by atoms with Crippen LogP contribution in [0, 0.1) is 0 Å². The topological polar surface area (TPSA) is 35.5 Å². The highest BCUT2D eigenvalue weighted by atomic mass is 15.3. The van der Waals surface area contributed by atoms with Crippen molar-refractivity contribution in [3.8, 4) is 0 Å². The van der Waals surface area contributed by atoms with Gasteiger partial charge in [-0.25, -0.2) is 4.98 Å². The maximum absolute atomic E-state index is 4.64. The Morgan fingerprint density at radius 1 is 1.00 bits per heavy atom. The van der Waals surface area contributed by atoms with Crippen molar-refractivity contribution in [1.29, 1.82) is 0 Å². The Morgan fingerprint density at radius 3 is 2.43 bits per heavy atom. The van der Waals surface area contributed by atoms with Crippen molar-refractivity contribution < 1.29 is 0 Å². The molecule has 1 aliphatic heterocycles. The molecule has 3 rings (SSSR count). The van der Waals surface area contributed by atoms with Crippen molar-refractivity contribution in [2.75, 3.05) is 56.6 Å². The molecule has 1 aromatic heterocycles. The molecule has 1 aromatic carbocycles. The molecule has 2 aromatic rings. The summed E-state index contributed by atoms with van der Waals surface area (Å²) in [6.45, 7) is 5.25. The van der Waals surface area contributed by atoms with Crippen LogP contribution in [0.1, 0.15) is 5.56 Å². The van der Waals surface area contributed by atoms with Crippen LogP contribution in [0.3, 0.4) is 0 Å². The molecule has 1 aliphatic rings. The van der Waals surface area contributed by atoms with Gasteiger partial charge in [-0.05, 0) is 18.1 Å². The largest absolute Gasteiger partial charge is 0.363 e. The lowest BCUT2D eigenvalue weighted by Gasteiger charge is -2.34. The molecule has 0 aliphatic carbocycles. The molecule has 0 unspecified atom stereocenters. The fraction of sp³-hybridized carbons (Fsp3) is 0.444. The average Bonchev–Trinajstić information content (AvgIpc) is 2.61. The Bertz CT molecular complexity index is 606.